The molecule has 21 heavy (non-hydrogen) atoms. The predicted octanol–water partition coefficient (Wildman–Crippen LogP) is 2.57. The molecule has 2 rings (SSSR count). The van der Waals surface area contributed by atoms with Gasteiger partial charge in [0.2, 0.25) is 0 Å². The van der Waals surface area contributed by atoms with E-state index in [0.717, 1.165) is 30.7 Å². The van der Waals surface area contributed by atoms with Crippen molar-refractivity contribution >= 4 is 5.91 Å². The topological polar surface area (TPSA) is 41.6 Å². The van der Waals surface area contributed by atoms with Crippen LogP contribution in [0.4, 0.5) is 0 Å². The second-order valence-corrected chi connectivity index (χ2v) is 6.78. The van der Waals surface area contributed by atoms with Gasteiger partial charge in [-0.3, -0.25) is 4.79 Å². The van der Waals surface area contributed by atoms with Gasteiger partial charge in [-0.25, -0.2) is 0 Å². The maximum absolute atomic E-state index is 11.9. The third-order valence-electron chi connectivity index (χ3n) is 3.57. The maximum Gasteiger partial charge on any atom is 0.260 e. The Bertz CT molecular complexity index is 490. The van der Waals surface area contributed by atoms with E-state index in [0.29, 0.717) is 6.04 Å². The fourth-order valence-electron chi connectivity index (χ4n) is 2.02. The zero-order valence-electron chi connectivity index (χ0n) is 13.5. The monoisotopic (exact) mass is 290 g/mol. The van der Waals surface area contributed by atoms with Crippen LogP contribution in [0.3, 0.4) is 0 Å². The van der Waals surface area contributed by atoms with E-state index in [-0.39, 0.29) is 18.1 Å². The molecular weight excluding hydrogens is 264 g/mol. The van der Waals surface area contributed by atoms with E-state index >= 15 is 0 Å². The molecule has 4 nitrogen and oxygen atoms in total. The molecule has 1 aromatic carbocycles. The molecule has 1 N–H and O–H groups in total. The summed E-state index contributed by atoms with van der Waals surface area (Å²) in [5.41, 5.74) is 1.24. The Kier molecular flexibility index (Phi) is 4.88. The molecule has 0 radical (unpaired) electrons. The third-order valence-corrected chi connectivity index (χ3v) is 3.57. The van der Waals surface area contributed by atoms with E-state index in [9.17, 15) is 4.79 Å². The molecule has 0 aliphatic heterocycles. The summed E-state index contributed by atoms with van der Waals surface area (Å²) in [5.74, 6) is 0.802. The Morgan fingerprint density at radius 1 is 1.38 bits per heavy atom. The summed E-state index contributed by atoms with van der Waals surface area (Å²) in [6.07, 6.45) is 2.24. The van der Waals surface area contributed by atoms with Gasteiger partial charge in [0.05, 0.1) is 0 Å². The lowest BCUT2D eigenvalue weighted by Gasteiger charge is -2.21. The highest BCUT2D eigenvalue weighted by Crippen LogP contribution is 2.25. The van der Waals surface area contributed by atoms with Crippen LogP contribution in [-0.4, -0.2) is 36.0 Å². The molecule has 0 unspecified atom stereocenters. The summed E-state index contributed by atoms with van der Waals surface area (Å²) >= 11 is 0. The van der Waals surface area contributed by atoms with Crippen molar-refractivity contribution in [1.29, 1.82) is 0 Å². The molecule has 0 heterocycles. The van der Waals surface area contributed by atoms with Crippen LogP contribution in [0.15, 0.2) is 24.3 Å². The van der Waals surface area contributed by atoms with E-state index in [1.807, 2.05) is 25.2 Å². The highest BCUT2D eigenvalue weighted by molar-refractivity contribution is 5.78. The Balaban J connectivity index is 1.84. The molecule has 1 aliphatic rings. The number of carbonyl (C=O) groups excluding carboxylic acids is 1. The zero-order chi connectivity index (χ0) is 15.5. The van der Waals surface area contributed by atoms with Crippen LogP contribution in [0.2, 0.25) is 0 Å². The van der Waals surface area contributed by atoms with E-state index in [1.54, 1.807) is 4.90 Å². The molecule has 1 saturated carbocycles. The molecule has 0 aromatic heterocycles. The fourth-order valence-corrected chi connectivity index (χ4v) is 2.02. The van der Waals surface area contributed by atoms with E-state index < -0.39 is 0 Å². The van der Waals surface area contributed by atoms with Gasteiger partial charge in [0.25, 0.3) is 5.91 Å². The summed E-state index contributed by atoms with van der Waals surface area (Å²) in [7, 11) is 1.85. The predicted molar refractivity (Wildman–Crippen MR) is 84.3 cm³/mol. The van der Waals surface area contributed by atoms with Crippen LogP contribution in [0, 0.1) is 0 Å². The second-order valence-electron chi connectivity index (χ2n) is 6.78. The molecule has 0 bridgehead atoms. The number of nitrogens with one attached hydrogen (secondary N) is 1. The molecule has 1 amide bonds. The van der Waals surface area contributed by atoms with Gasteiger partial charge in [0.15, 0.2) is 6.61 Å². The summed E-state index contributed by atoms with van der Waals surface area (Å²) in [6, 6.07) is 8.34. The van der Waals surface area contributed by atoms with Gasteiger partial charge in [0.1, 0.15) is 5.75 Å². The number of amides is 1. The first kappa shape index (κ1) is 15.8. The highest BCUT2D eigenvalue weighted by Gasteiger charge is 2.29. The first-order valence-electron chi connectivity index (χ1n) is 7.57. The van der Waals surface area contributed by atoms with Gasteiger partial charge in [-0.1, -0.05) is 12.1 Å². The van der Waals surface area contributed by atoms with Crippen molar-refractivity contribution < 1.29 is 9.53 Å². The number of rotatable bonds is 6. The highest BCUT2D eigenvalue weighted by atomic mass is 16.5. The smallest absolute Gasteiger partial charge is 0.260 e. The molecule has 1 fully saturated rings. The lowest BCUT2D eigenvalue weighted by Crippen LogP contribution is -2.35. The second kappa shape index (κ2) is 6.48. The molecule has 1 aromatic rings. The van der Waals surface area contributed by atoms with Crippen LogP contribution < -0.4 is 10.1 Å². The van der Waals surface area contributed by atoms with Gasteiger partial charge in [-0.05, 0) is 51.3 Å². The Morgan fingerprint density at radius 3 is 2.71 bits per heavy atom. The lowest BCUT2D eigenvalue weighted by molar-refractivity contribution is -0.132. The minimum Gasteiger partial charge on any atom is -0.484 e. The molecule has 1 aliphatic carbocycles. The Morgan fingerprint density at radius 2 is 2.10 bits per heavy atom. The van der Waals surface area contributed by atoms with Gasteiger partial charge in [-0.2, -0.15) is 0 Å². The van der Waals surface area contributed by atoms with Crippen molar-refractivity contribution in [3.05, 3.63) is 29.8 Å². The molecule has 116 valence electrons. The Labute approximate surface area is 127 Å². The van der Waals surface area contributed by atoms with Crippen LogP contribution in [-0.2, 0) is 11.3 Å². The maximum atomic E-state index is 11.9. The molecule has 0 saturated heterocycles. The first-order valence-corrected chi connectivity index (χ1v) is 7.57. The SMILES string of the molecule is CN(C(=O)COc1cccc(CNC(C)(C)C)c1)C1CC1. The lowest BCUT2D eigenvalue weighted by atomic mass is 10.1. The summed E-state index contributed by atoms with van der Waals surface area (Å²) in [6.45, 7) is 7.32. The summed E-state index contributed by atoms with van der Waals surface area (Å²) < 4.78 is 5.62. The molecule has 4 heteroatoms. The third kappa shape index (κ3) is 5.38. The van der Waals surface area contributed by atoms with E-state index in [2.05, 4.69) is 32.2 Å². The number of ether oxygens (including phenoxy) is 1. The number of nitrogens with zero attached hydrogens (tertiary/aromatic N) is 1. The minimum atomic E-state index is 0.0516. The average molecular weight is 290 g/mol. The van der Waals surface area contributed by atoms with Crippen LogP contribution in [0.5, 0.6) is 5.75 Å². The van der Waals surface area contributed by atoms with E-state index in [4.69, 9.17) is 4.74 Å². The fraction of sp³-hybridized carbons (Fsp3) is 0.588. The average Bonchev–Trinajstić information content (AvgIpc) is 3.26. The van der Waals surface area contributed by atoms with Gasteiger partial charge < -0.3 is 15.0 Å². The number of hydrogen-bond acceptors (Lipinski definition) is 3. The van der Waals surface area contributed by atoms with Gasteiger partial charge in [-0.15, -0.1) is 0 Å². The Hall–Kier alpha value is -1.55. The van der Waals surface area contributed by atoms with Crippen LogP contribution in [0.25, 0.3) is 0 Å². The number of benzene rings is 1. The largest absolute Gasteiger partial charge is 0.484 e. The van der Waals surface area contributed by atoms with Crippen molar-refractivity contribution in [1.82, 2.24) is 10.2 Å². The number of hydrogen-bond donors (Lipinski definition) is 1. The minimum absolute atomic E-state index is 0.0516. The zero-order valence-corrected chi connectivity index (χ0v) is 13.5. The van der Waals surface area contributed by atoms with Crippen molar-refractivity contribution in [2.45, 2.75) is 51.7 Å². The van der Waals surface area contributed by atoms with E-state index in [1.165, 1.54) is 0 Å². The summed E-state index contributed by atoms with van der Waals surface area (Å²) in [5, 5.41) is 3.44. The number of likely N-dealkylation sites (N-methyl/N-ethyl adjacent to an activating group) is 1. The first-order chi connectivity index (χ1) is 9.85. The molecule has 0 atom stereocenters. The normalized spacial score (nSPS) is 14.9. The number of carbonyl (C=O) groups is 1. The standard InChI is InChI=1S/C17H26N2O2/c1-17(2,3)18-11-13-6-5-7-15(10-13)21-12-16(20)19(4)14-8-9-14/h5-7,10,14,18H,8-9,11-12H2,1-4H3. The van der Waals surface area contributed by atoms with Gasteiger partial charge in [0, 0.05) is 25.2 Å². The van der Waals surface area contributed by atoms with Crippen molar-refractivity contribution in [3.8, 4) is 5.75 Å². The van der Waals surface area contributed by atoms with Gasteiger partial charge >= 0.3 is 0 Å². The van der Waals surface area contributed by atoms with Crippen LogP contribution >= 0.6 is 0 Å². The van der Waals surface area contributed by atoms with Crippen molar-refractivity contribution in [3.63, 3.8) is 0 Å². The molecule has 0 spiro atoms. The van der Waals surface area contributed by atoms with Crippen molar-refractivity contribution in [2.75, 3.05) is 13.7 Å². The van der Waals surface area contributed by atoms with Crippen LogP contribution in [0.1, 0.15) is 39.2 Å². The summed E-state index contributed by atoms with van der Waals surface area (Å²) in [4.78, 5) is 13.7. The molecular formula is C17H26N2O2. The quantitative estimate of drug-likeness (QED) is 0.875. The van der Waals surface area contributed by atoms with Crippen molar-refractivity contribution in [2.24, 2.45) is 0 Å².